The van der Waals surface area contributed by atoms with Gasteiger partial charge in [-0.15, -0.1) is 11.8 Å². The van der Waals surface area contributed by atoms with E-state index < -0.39 is 0 Å². The Labute approximate surface area is 154 Å². The zero-order valence-electron chi connectivity index (χ0n) is 14.7. The van der Waals surface area contributed by atoms with E-state index in [-0.39, 0.29) is 11.3 Å². The molecule has 5 nitrogen and oxygen atoms in total. The molecule has 136 valence electrons. The van der Waals surface area contributed by atoms with E-state index in [1.54, 1.807) is 11.8 Å². The van der Waals surface area contributed by atoms with Gasteiger partial charge in [0.2, 0.25) is 5.91 Å². The Morgan fingerprint density at radius 1 is 1.00 bits per heavy atom. The van der Waals surface area contributed by atoms with Crippen LogP contribution in [-0.4, -0.2) is 73.9 Å². The first-order valence-corrected chi connectivity index (χ1v) is 10.4. The van der Waals surface area contributed by atoms with Gasteiger partial charge in [0.25, 0.3) is 0 Å². The number of carbonyl (C=O) groups excluding carboxylic acids is 1. The Kier molecular flexibility index (Phi) is 5.48. The molecule has 0 saturated carbocycles. The largest absolute Gasteiger partial charge is 0.379 e. The van der Waals surface area contributed by atoms with Crippen LogP contribution < -0.4 is 4.90 Å². The number of ether oxygens (including phenoxy) is 1. The van der Waals surface area contributed by atoms with Crippen LogP contribution in [0.1, 0.15) is 23.8 Å². The number of carbonyl (C=O) groups is 1. The molecule has 0 bridgehead atoms. The minimum Gasteiger partial charge on any atom is -0.379 e. The fraction of sp³-hybridized carbons (Fsp3) is 0.632. The van der Waals surface area contributed by atoms with Crippen molar-refractivity contribution in [2.75, 3.05) is 63.1 Å². The second-order valence-electron chi connectivity index (χ2n) is 6.99. The molecule has 3 heterocycles. The number of nitrogens with zero attached hydrogens (tertiary/aromatic N) is 3. The van der Waals surface area contributed by atoms with E-state index >= 15 is 0 Å². The summed E-state index contributed by atoms with van der Waals surface area (Å²) in [5.74, 6) is 0.869. The standard InChI is InChI=1S/C19H27N3O2S/c23-18-15-25-19(22(18)10-9-20-11-13-24-14-12-20)16-3-5-17(6-4-16)21-7-1-2-8-21/h3-6,19H,1-2,7-15H2. The second-order valence-corrected chi connectivity index (χ2v) is 8.06. The Morgan fingerprint density at radius 3 is 2.44 bits per heavy atom. The maximum atomic E-state index is 12.4. The van der Waals surface area contributed by atoms with Gasteiger partial charge in [0.05, 0.1) is 19.0 Å². The van der Waals surface area contributed by atoms with Crippen molar-refractivity contribution in [2.24, 2.45) is 0 Å². The fourth-order valence-corrected chi connectivity index (χ4v) is 5.09. The van der Waals surface area contributed by atoms with Gasteiger partial charge in [0, 0.05) is 45.0 Å². The zero-order valence-corrected chi connectivity index (χ0v) is 15.5. The first-order valence-electron chi connectivity index (χ1n) is 9.37. The van der Waals surface area contributed by atoms with Gasteiger partial charge in [-0.3, -0.25) is 9.69 Å². The molecular weight excluding hydrogens is 334 g/mol. The van der Waals surface area contributed by atoms with Crippen molar-refractivity contribution in [2.45, 2.75) is 18.2 Å². The highest BCUT2D eigenvalue weighted by molar-refractivity contribution is 8.00. The van der Waals surface area contributed by atoms with Crippen LogP contribution in [0.5, 0.6) is 0 Å². The highest BCUT2D eigenvalue weighted by atomic mass is 32.2. The number of benzene rings is 1. The van der Waals surface area contributed by atoms with E-state index in [0.29, 0.717) is 5.75 Å². The van der Waals surface area contributed by atoms with Crippen LogP contribution >= 0.6 is 11.8 Å². The summed E-state index contributed by atoms with van der Waals surface area (Å²) in [6, 6.07) is 8.88. The van der Waals surface area contributed by atoms with Gasteiger partial charge >= 0.3 is 0 Å². The summed E-state index contributed by atoms with van der Waals surface area (Å²) in [5, 5.41) is 0.168. The molecule has 3 saturated heterocycles. The Bertz CT molecular complexity index is 583. The van der Waals surface area contributed by atoms with Crippen LogP contribution in [0.2, 0.25) is 0 Å². The van der Waals surface area contributed by atoms with Crippen LogP contribution in [0.15, 0.2) is 24.3 Å². The van der Waals surface area contributed by atoms with Crippen LogP contribution in [-0.2, 0) is 9.53 Å². The van der Waals surface area contributed by atoms with Crippen molar-refractivity contribution in [3.63, 3.8) is 0 Å². The molecule has 3 fully saturated rings. The third kappa shape index (κ3) is 3.96. The molecule has 3 aliphatic rings. The summed E-state index contributed by atoms with van der Waals surface area (Å²) < 4.78 is 5.41. The predicted octanol–water partition coefficient (Wildman–Crippen LogP) is 2.19. The lowest BCUT2D eigenvalue weighted by Crippen LogP contribution is -2.42. The number of rotatable bonds is 5. The SMILES string of the molecule is O=C1CSC(c2ccc(N3CCCC3)cc2)N1CCN1CCOCC1. The van der Waals surface area contributed by atoms with E-state index in [0.717, 1.165) is 39.4 Å². The highest BCUT2D eigenvalue weighted by Crippen LogP contribution is 2.39. The summed E-state index contributed by atoms with van der Waals surface area (Å²) in [6.07, 6.45) is 2.59. The van der Waals surface area contributed by atoms with Crippen LogP contribution in [0.4, 0.5) is 5.69 Å². The van der Waals surface area contributed by atoms with Gasteiger partial charge < -0.3 is 14.5 Å². The Hall–Kier alpha value is -1.24. The van der Waals surface area contributed by atoms with E-state index in [2.05, 4.69) is 39.0 Å². The van der Waals surface area contributed by atoms with Gasteiger partial charge in [0.15, 0.2) is 0 Å². The molecule has 0 spiro atoms. The van der Waals surface area contributed by atoms with Gasteiger partial charge in [-0.05, 0) is 30.5 Å². The minimum absolute atomic E-state index is 0.168. The molecular formula is C19H27N3O2S. The van der Waals surface area contributed by atoms with E-state index in [9.17, 15) is 4.79 Å². The van der Waals surface area contributed by atoms with Crippen LogP contribution in [0.3, 0.4) is 0 Å². The quantitative estimate of drug-likeness (QED) is 0.803. The predicted molar refractivity (Wildman–Crippen MR) is 102 cm³/mol. The number of thioether (sulfide) groups is 1. The summed E-state index contributed by atoms with van der Waals surface area (Å²) >= 11 is 1.76. The van der Waals surface area contributed by atoms with Gasteiger partial charge in [0.1, 0.15) is 5.37 Å². The molecule has 1 aromatic carbocycles. The normalized spacial score (nSPS) is 25.1. The van der Waals surface area contributed by atoms with E-state index in [1.807, 2.05) is 0 Å². The monoisotopic (exact) mass is 361 g/mol. The number of hydrogen-bond acceptors (Lipinski definition) is 5. The number of hydrogen-bond donors (Lipinski definition) is 0. The maximum absolute atomic E-state index is 12.4. The van der Waals surface area contributed by atoms with Crippen LogP contribution in [0, 0.1) is 0 Å². The molecule has 6 heteroatoms. The molecule has 1 atom stereocenters. The molecule has 1 amide bonds. The van der Waals surface area contributed by atoms with Gasteiger partial charge in [-0.2, -0.15) is 0 Å². The summed E-state index contributed by atoms with van der Waals surface area (Å²) in [4.78, 5) is 19.3. The van der Waals surface area contributed by atoms with Crippen molar-refractivity contribution < 1.29 is 9.53 Å². The average molecular weight is 362 g/mol. The smallest absolute Gasteiger partial charge is 0.233 e. The number of morpholine rings is 1. The average Bonchev–Trinajstić information content (AvgIpc) is 3.31. The molecule has 0 radical (unpaired) electrons. The third-order valence-electron chi connectivity index (χ3n) is 5.38. The number of amides is 1. The molecule has 0 aliphatic carbocycles. The second kappa shape index (κ2) is 7.98. The Balaban J connectivity index is 1.39. The van der Waals surface area contributed by atoms with Crippen molar-refractivity contribution in [3.8, 4) is 0 Å². The first-order chi connectivity index (χ1) is 12.3. The van der Waals surface area contributed by atoms with Crippen molar-refractivity contribution in [1.82, 2.24) is 9.80 Å². The topological polar surface area (TPSA) is 36.0 Å². The van der Waals surface area contributed by atoms with Crippen molar-refractivity contribution >= 4 is 23.4 Å². The zero-order chi connectivity index (χ0) is 17.1. The molecule has 1 unspecified atom stereocenters. The summed E-state index contributed by atoms with van der Waals surface area (Å²) in [5.41, 5.74) is 2.57. The lowest BCUT2D eigenvalue weighted by atomic mass is 10.1. The third-order valence-corrected chi connectivity index (χ3v) is 6.63. The maximum Gasteiger partial charge on any atom is 0.233 e. The molecule has 4 rings (SSSR count). The molecule has 0 aromatic heterocycles. The van der Waals surface area contributed by atoms with E-state index in [1.165, 1.54) is 37.2 Å². The Morgan fingerprint density at radius 2 is 1.72 bits per heavy atom. The first kappa shape index (κ1) is 17.2. The summed E-state index contributed by atoms with van der Waals surface area (Å²) in [6.45, 7) is 7.66. The molecule has 0 N–H and O–H groups in total. The lowest BCUT2D eigenvalue weighted by molar-refractivity contribution is -0.128. The molecule has 3 aliphatic heterocycles. The molecule has 1 aromatic rings. The molecule has 25 heavy (non-hydrogen) atoms. The fourth-order valence-electron chi connectivity index (χ4n) is 3.87. The van der Waals surface area contributed by atoms with Crippen molar-refractivity contribution in [1.29, 1.82) is 0 Å². The van der Waals surface area contributed by atoms with E-state index in [4.69, 9.17) is 4.74 Å². The summed E-state index contributed by atoms with van der Waals surface area (Å²) in [7, 11) is 0. The van der Waals surface area contributed by atoms with Crippen molar-refractivity contribution in [3.05, 3.63) is 29.8 Å². The van der Waals surface area contributed by atoms with Gasteiger partial charge in [-0.25, -0.2) is 0 Å². The van der Waals surface area contributed by atoms with Crippen LogP contribution in [0.25, 0.3) is 0 Å². The number of anilines is 1. The van der Waals surface area contributed by atoms with Gasteiger partial charge in [-0.1, -0.05) is 12.1 Å². The minimum atomic E-state index is 0.168. The lowest BCUT2D eigenvalue weighted by Gasteiger charge is -2.30. The highest BCUT2D eigenvalue weighted by Gasteiger charge is 2.33.